The fourth-order valence-corrected chi connectivity index (χ4v) is 5.38. The molecule has 31 heavy (non-hydrogen) atoms. The first-order valence-corrected chi connectivity index (χ1v) is 11.6. The summed E-state index contributed by atoms with van der Waals surface area (Å²) in [6.45, 7) is 5.50. The third-order valence-corrected chi connectivity index (χ3v) is 7.21. The number of carbonyl (C=O) groups is 1. The summed E-state index contributed by atoms with van der Waals surface area (Å²) >= 11 is 0. The van der Waals surface area contributed by atoms with Crippen LogP contribution in [0, 0.1) is 0 Å². The highest BCUT2D eigenvalue weighted by Crippen LogP contribution is 2.41. The summed E-state index contributed by atoms with van der Waals surface area (Å²) in [7, 11) is 3.99. The molecule has 2 heterocycles. The molecule has 4 rings (SSSR count). The molecule has 5 heteroatoms. The molecule has 5 nitrogen and oxygen atoms in total. The van der Waals surface area contributed by atoms with Crippen molar-refractivity contribution >= 4 is 17.3 Å². The summed E-state index contributed by atoms with van der Waals surface area (Å²) in [5.74, 6) is 0.966. The van der Waals surface area contributed by atoms with Crippen molar-refractivity contribution in [2.75, 3.05) is 32.1 Å². The Morgan fingerprint density at radius 3 is 2.23 bits per heavy atom. The van der Waals surface area contributed by atoms with E-state index < -0.39 is 0 Å². The minimum absolute atomic E-state index is 0.0989. The monoisotopic (exact) mass is 421 g/mol. The van der Waals surface area contributed by atoms with Crippen molar-refractivity contribution in [1.29, 1.82) is 0 Å². The van der Waals surface area contributed by atoms with E-state index in [-0.39, 0.29) is 5.91 Å². The average Bonchev–Trinajstić information content (AvgIpc) is 3.00. The average molecular weight is 422 g/mol. The van der Waals surface area contributed by atoms with Crippen LogP contribution in [-0.2, 0) is 0 Å². The molecule has 2 bridgehead atoms. The van der Waals surface area contributed by atoms with Crippen molar-refractivity contribution in [3.8, 4) is 5.75 Å². The van der Waals surface area contributed by atoms with Crippen molar-refractivity contribution in [2.24, 2.45) is 0 Å². The first kappa shape index (κ1) is 21.7. The Kier molecular flexibility index (Phi) is 6.51. The summed E-state index contributed by atoms with van der Waals surface area (Å²) in [4.78, 5) is 19.7. The number of rotatable bonds is 7. The quantitative estimate of drug-likeness (QED) is 0.634. The lowest BCUT2D eigenvalue weighted by Crippen LogP contribution is -2.47. The van der Waals surface area contributed by atoms with Gasteiger partial charge in [-0.2, -0.15) is 0 Å². The molecule has 2 fully saturated rings. The van der Waals surface area contributed by atoms with Crippen LogP contribution in [0.25, 0.3) is 0 Å². The number of hydrogen-bond acceptors (Lipinski definition) is 4. The van der Waals surface area contributed by atoms with Gasteiger partial charge < -0.3 is 19.4 Å². The van der Waals surface area contributed by atoms with Gasteiger partial charge in [-0.3, -0.25) is 4.79 Å². The van der Waals surface area contributed by atoms with E-state index in [2.05, 4.69) is 47.2 Å². The molecule has 0 aromatic heterocycles. The lowest BCUT2D eigenvalue weighted by molar-refractivity contribution is 0.0773. The lowest BCUT2D eigenvalue weighted by atomic mass is 9.95. The highest BCUT2D eigenvalue weighted by atomic mass is 16.5. The largest absolute Gasteiger partial charge is 0.497 e. The number of hydrogen-bond donors (Lipinski definition) is 0. The van der Waals surface area contributed by atoms with E-state index in [1.165, 1.54) is 12.8 Å². The normalized spacial score (nSPS) is 22.9. The molecule has 166 valence electrons. The predicted molar refractivity (Wildman–Crippen MR) is 126 cm³/mol. The van der Waals surface area contributed by atoms with Crippen LogP contribution in [0.1, 0.15) is 49.9 Å². The van der Waals surface area contributed by atoms with Crippen LogP contribution in [0.5, 0.6) is 5.75 Å². The Morgan fingerprint density at radius 2 is 1.65 bits per heavy atom. The van der Waals surface area contributed by atoms with Crippen LogP contribution in [0.15, 0.2) is 48.5 Å². The van der Waals surface area contributed by atoms with Gasteiger partial charge in [0.05, 0.1) is 7.11 Å². The first-order chi connectivity index (χ1) is 15.0. The summed E-state index contributed by atoms with van der Waals surface area (Å²) in [5, 5.41) is 0. The number of carbonyl (C=O) groups excluding carboxylic acids is 1. The van der Waals surface area contributed by atoms with Gasteiger partial charge in [0.25, 0.3) is 5.91 Å². The highest BCUT2D eigenvalue weighted by Gasteiger charge is 2.41. The van der Waals surface area contributed by atoms with Gasteiger partial charge in [-0.05, 0) is 83.0 Å². The van der Waals surface area contributed by atoms with Crippen LogP contribution in [-0.4, -0.2) is 61.1 Å². The standard InChI is InChI=1S/C26H35N3O2/c1-5-28(6-2)26(30)19-10-12-20(13-11-19)29(23-8-7-9-25(18-23)31-4)24-16-21-14-15-22(17-24)27(21)3/h7-13,18,21-22,24H,5-6,14-17H2,1-4H3. The summed E-state index contributed by atoms with van der Waals surface area (Å²) in [6.07, 6.45) is 4.90. The zero-order valence-electron chi connectivity index (χ0n) is 19.3. The third-order valence-electron chi connectivity index (χ3n) is 7.21. The van der Waals surface area contributed by atoms with Crippen molar-refractivity contribution in [3.63, 3.8) is 0 Å². The van der Waals surface area contributed by atoms with E-state index in [4.69, 9.17) is 4.74 Å². The molecule has 2 atom stereocenters. The number of methoxy groups -OCH3 is 1. The Morgan fingerprint density at radius 1 is 1.00 bits per heavy atom. The van der Waals surface area contributed by atoms with E-state index in [0.29, 0.717) is 18.1 Å². The van der Waals surface area contributed by atoms with Gasteiger partial charge in [0.2, 0.25) is 0 Å². The van der Waals surface area contributed by atoms with Gasteiger partial charge in [-0.25, -0.2) is 0 Å². The van der Waals surface area contributed by atoms with E-state index >= 15 is 0 Å². The molecule has 0 aliphatic carbocycles. The number of piperidine rings is 1. The van der Waals surface area contributed by atoms with Crippen molar-refractivity contribution < 1.29 is 9.53 Å². The van der Waals surface area contributed by atoms with Crippen LogP contribution in [0.2, 0.25) is 0 Å². The zero-order valence-corrected chi connectivity index (χ0v) is 19.3. The molecular weight excluding hydrogens is 386 g/mol. The first-order valence-electron chi connectivity index (χ1n) is 11.6. The SMILES string of the molecule is CCN(CC)C(=O)c1ccc(N(c2cccc(OC)c2)C2CC3CCC(C2)N3C)cc1. The maximum atomic E-state index is 12.8. The molecule has 2 aliphatic rings. The summed E-state index contributed by atoms with van der Waals surface area (Å²) < 4.78 is 5.52. The number of amides is 1. The van der Waals surface area contributed by atoms with Crippen molar-refractivity contribution in [1.82, 2.24) is 9.80 Å². The van der Waals surface area contributed by atoms with Crippen LogP contribution in [0.4, 0.5) is 11.4 Å². The van der Waals surface area contributed by atoms with Gasteiger partial charge in [0.15, 0.2) is 0 Å². The predicted octanol–water partition coefficient (Wildman–Crippen LogP) is 4.94. The molecule has 2 aromatic rings. The molecule has 0 saturated carbocycles. The molecule has 2 aromatic carbocycles. The molecule has 2 saturated heterocycles. The van der Waals surface area contributed by atoms with Gasteiger partial charge in [0.1, 0.15) is 5.75 Å². The minimum Gasteiger partial charge on any atom is -0.497 e. The molecule has 0 N–H and O–H groups in total. The van der Waals surface area contributed by atoms with Crippen molar-refractivity contribution in [3.05, 3.63) is 54.1 Å². The topological polar surface area (TPSA) is 36.0 Å². The minimum atomic E-state index is 0.0989. The van der Waals surface area contributed by atoms with E-state index in [0.717, 1.165) is 48.6 Å². The fourth-order valence-electron chi connectivity index (χ4n) is 5.38. The van der Waals surface area contributed by atoms with E-state index in [9.17, 15) is 4.79 Å². The summed E-state index contributed by atoms with van der Waals surface area (Å²) in [6, 6.07) is 18.2. The molecular formula is C26H35N3O2. The Bertz CT molecular complexity index is 880. The fraction of sp³-hybridized carbons (Fsp3) is 0.500. The number of anilines is 2. The van der Waals surface area contributed by atoms with Gasteiger partial charge >= 0.3 is 0 Å². The third kappa shape index (κ3) is 4.29. The maximum absolute atomic E-state index is 12.8. The van der Waals surface area contributed by atoms with E-state index in [1.54, 1.807) is 7.11 Å². The van der Waals surface area contributed by atoms with Gasteiger partial charge in [-0.15, -0.1) is 0 Å². The molecule has 1 amide bonds. The van der Waals surface area contributed by atoms with Gasteiger partial charge in [0, 0.05) is 54.2 Å². The number of benzene rings is 2. The number of ether oxygens (including phenoxy) is 1. The lowest BCUT2D eigenvalue weighted by Gasteiger charge is -2.43. The van der Waals surface area contributed by atoms with E-state index in [1.807, 2.05) is 36.9 Å². The highest BCUT2D eigenvalue weighted by molar-refractivity contribution is 5.94. The van der Waals surface area contributed by atoms with Crippen molar-refractivity contribution in [2.45, 2.75) is 57.7 Å². The number of fused-ring (bicyclic) bond motifs is 2. The second kappa shape index (κ2) is 9.31. The van der Waals surface area contributed by atoms with Crippen LogP contribution in [0.3, 0.4) is 0 Å². The second-order valence-electron chi connectivity index (χ2n) is 8.77. The summed E-state index contributed by atoms with van der Waals surface area (Å²) in [5.41, 5.74) is 3.04. The van der Waals surface area contributed by atoms with Crippen LogP contribution < -0.4 is 9.64 Å². The smallest absolute Gasteiger partial charge is 0.253 e. The Hall–Kier alpha value is -2.53. The number of nitrogens with zero attached hydrogens (tertiary/aromatic N) is 3. The molecule has 2 aliphatic heterocycles. The second-order valence-corrected chi connectivity index (χ2v) is 8.77. The van der Waals surface area contributed by atoms with Crippen LogP contribution >= 0.6 is 0 Å². The zero-order chi connectivity index (χ0) is 22.0. The maximum Gasteiger partial charge on any atom is 0.253 e. The molecule has 0 spiro atoms. The molecule has 2 unspecified atom stereocenters. The Balaban J connectivity index is 1.67. The molecule has 0 radical (unpaired) electrons. The Labute approximate surface area is 186 Å². The van der Waals surface area contributed by atoms with Gasteiger partial charge in [-0.1, -0.05) is 6.07 Å².